The van der Waals surface area contributed by atoms with Crippen molar-refractivity contribution >= 4 is 22.6 Å². The largest absolute Gasteiger partial charge is 0.476 e. The fourth-order valence-electron chi connectivity index (χ4n) is 1.83. The lowest BCUT2D eigenvalue weighted by molar-refractivity contribution is -0.385. The summed E-state index contributed by atoms with van der Waals surface area (Å²) in [6.45, 7) is 0. The molecule has 0 atom stereocenters. The number of carbonyl (C=O) groups is 1. The van der Waals surface area contributed by atoms with E-state index in [4.69, 9.17) is 5.11 Å². The number of para-hydroxylation sites is 1. The predicted octanol–water partition coefficient (Wildman–Crippen LogP) is 1.42. The average molecular weight is 285 g/mol. The van der Waals surface area contributed by atoms with Crippen LogP contribution in [0, 0.1) is 10.1 Å². The number of fused-ring (bicyclic) bond motifs is 1. The Kier molecular flexibility index (Phi) is 2.79. The van der Waals surface area contributed by atoms with Gasteiger partial charge in [-0.1, -0.05) is 18.2 Å². The zero-order chi connectivity index (χ0) is 15.0. The van der Waals surface area contributed by atoms with Crippen molar-refractivity contribution in [2.75, 3.05) is 0 Å². The SMILES string of the molecule is O=C(O)c1nn(-c2ncc3ccccc3n2)cc1[N+](=O)[O-]. The molecular formula is C12H7N5O4. The number of nitrogens with zero attached hydrogens (tertiary/aromatic N) is 5. The summed E-state index contributed by atoms with van der Waals surface area (Å²) in [5, 5.41) is 24.2. The van der Waals surface area contributed by atoms with Crippen LogP contribution in [-0.2, 0) is 0 Å². The Morgan fingerprint density at radius 1 is 1.33 bits per heavy atom. The van der Waals surface area contributed by atoms with Gasteiger partial charge < -0.3 is 5.11 Å². The summed E-state index contributed by atoms with van der Waals surface area (Å²) in [4.78, 5) is 29.2. The highest BCUT2D eigenvalue weighted by molar-refractivity contribution is 5.90. The summed E-state index contributed by atoms with van der Waals surface area (Å²) in [6.07, 6.45) is 2.51. The van der Waals surface area contributed by atoms with Crippen LogP contribution in [0.1, 0.15) is 10.5 Å². The third kappa shape index (κ3) is 2.16. The maximum atomic E-state index is 11.0. The maximum Gasteiger partial charge on any atom is 0.363 e. The number of aromatic carboxylic acids is 1. The number of carboxylic acids is 1. The van der Waals surface area contributed by atoms with Crippen molar-refractivity contribution in [3.8, 4) is 5.95 Å². The molecule has 2 heterocycles. The van der Waals surface area contributed by atoms with E-state index in [0.29, 0.717) is 5.52 Å². The number of hydrogen-bond acceptors (Lipinski definition) is 6. The molecule has 0 saturated carbocycles. The van der Waals surface area contributed by atoms with Crippen molar-refractivity contribution in [2.24, 2.45) is 0 Å². The minimum atomic E-state index is -1.48. The second kappa shape index (κ2) is 4.63. The van der Waals surface area contributed by atoms with Gasteiger partial charge in [0.05, 0.1) is 10.4 Å². The molecule has 9 nitrogen and oxygen atoms in total. The van der Waals surface area contributed by atoms with Crippen molar-refractivity contribution in [1.82, 2.24) is 19.7 Å². The molecule has 0 bridgehead atoms. The fourth-order valence-corrected chi connectivity index (χ4v) is 1.83. The summed E-state index contributed by atoms with van der Waals surface area (Å²) in [5.41, 5.74) is -0.645. The van der Waals surface area contributed by atoms with Gasteiger partial charge in [0.25, 0.3) is 5.95 Å². The van der Waals surface area contributed by atoms with Crippen molar-refractivity contribution in [3.63, 3.8) is 0 Å². The van der Waals surface area contributed by atoms with Crippen molar-refractivity contribution in [1.29, 1.82) is 0 Å². The Bertz CT molecular complexity index is 841. The zero-order valence-corrected chi connectivity index (χ0v) is 10.4. The quantitative estimate of drug-likeness (QED) is 0.570. The standard InChI is InChI=1S/C12H7N5O4/c18-11(19)10-9(17(20)21)6-16(15-10)12-13-5-7-3-1-2-4-8(7)14-12/h1-6H,(H,18,19). The Morgan fingerprint density at radius 2 is 2.10 bits per heavy atom. The van der Waals surface area contributed by atoms with E-state index in [1.165, 1.54) is 6.20 Å². The fraction of sp³-hybridized carbons (Fsp3) is 0. The Hall–Kier alpha value is -3.36. The van der Waals surface area contributed by atoms with Crippen LogP contribution in [-0.4, -0.2) is 35.7 Å². The summed E-state index contributed by atoms with van der Waals surface area (Å²) in [7, 11) is 0. The van der Waals surface area contributed by atoms with E-state index in [2.05, 4.69) is 15.1 Å². The van der Waals surface area contributed by atoms with Gasteiger partial charge in [0.1, 0.15) is 6.20 Å². The summed E-state index contributed by atoms with van der Waals surface area (Å²) in [6, 6.07) is 7.17. The van der Waals surface area contributed by atoms with Gasteiger partial charge in [0.2, 0.25) is 5.69 Å². The van der Waals surface area contributed by atoms with Gasteiger partial charge in [-0.2, -0.15) is 9.78 Å². The third-order valence-corrected chi connectivity index (χ3v) is 2.78. The first-order valence-electron chi connectivity index (χ1n) is 5.76. The second-order valence-electron chi connectivity index (χ2n) is 4.10. The van der Waals surface area contributed by atoms with Gasteiger partial charge in [0.15, 0.2) is 0 Å². The minimum absolute atomic E-state index is 0.0595. The molecule has 3 rings (SSSR count). The lowest BCUT2D eigenvalue weighted by Gasteiger charge is -2.00. The maximum absolute atomic E-state index is 11.0. The molecule has 0 amide bonds. The molecule has 0 radical (unpaired) electrons. The number of aromatic nitrogens is 4. The van der Waals surface area contributed by atoms with Crippen LogP contribution in [0.2, 0.25) is 0 Å². The molecule has 2 aromatic heterocycles. The molecule has 0 spiro atoms. The highest BCUT2D eigenvalue weighted by Crippen LogP contribution is 2.19. The number of benzene rings is 1. The molecule has 0 aliphatic heterocycles. The molecular weight excluding hydrogens is 278 g/mol. The lowest BCUT2D eigenvalue weighted by atomic mass is 10.2. The number of nitro groups is 1. The molecule has 104 valence electrons. The van der Waals surface area contributed by atoms with Gasteiger partial charge in [-0.05, 0) is 6.07 Å². The van der Waals surface area contributed by atoms with E-state index < -0.39 is 22.3 Å². The third-order valence-electron chi connectivity index (χ3n) is 2.78. The first kappa shape index (κ1) is 12.7. The van der Waals surface area contributed by atoms with Crippen LogP contribution in [0.15, 0.2) is 36.7 Å². The second-order valence-corrected chi connectivity index (χ2v) is 4.10. The lowest BCUT2D eigenvalue weighted by Crippen LogP contribution is -2.05. The molecule has 0 unspecified atom stereocenters. The zero-order valence-electron chi connectivity index (χ0n) is 10.4. The van der Waals surface area contributed by atoms with E-state index in [-0.39, 0.29) is 5.95 Å². The molecule has 1 N–H and O–H groups in total. The van der Waals surface area contributed by atoms with Crippen LogP contribution >= 0.6 is 0 Å². The van der Waals surface area contributed by atoms with E-state index in [0.717, 1.165) is 16.3 Å². The summed E-state index contributed by atoms with van der Waals surface area (Å²) >= 11 is 0. The molecule has 0 saturated heterocycles. The van der Waals surface area contributed by atoms with E-state index in [1.807, 2.05) is 12.1 Å². The van der Waals surface area contributed by atoms with Crippen LogP contribution in [0.4, 0.5) is 5.69 Å². The molecule has 21 heavy (non-hydrogen) atoms. The van der Waals surface area contributed by atoms with Crippen LogP contribution < -0.4 is 0 Å². The molecule has 0 aliphatic rings. The van der Waals surface area contributed by atoms with Gasteiger partial charge >= 0.3 is 11.7 Å². The Balaban J connectivity index is 2.16. The van der Waals surface area contributed by atoms with E-state index >= 15 is 0 Å². The minimum Gasteiger partial charge on any atom is -0.476 e. The van der Waals surface area contributed by atoms with Crippen LogP contribution in [0.3, 0.4) is 0 Å². The first-order valence-corrected chi connectivity index (χ1v) is 5.76. The molecule has 0 aliphatic carbocycles. The molecule has 9 heteroatoms. The number of hydrogen-bond donors (Lipinski definition) is 1. The van der Waals surface area contributed by atoms with Gasteiger partial charge in [0, 0.05) is 11.6 Å². The van der Waals surface area contributed by atoms with Gasteiger partial charge in [-0.3, -0.25) is 10.1 Å². The van der Waals surface area contributed by atoms with Crippen molar-refractivity contribution in [2.45, 2.75) is 0 Å². The highest BCUT2D eigenvalue weighted by Gasteiger charge is 2.26. The average Bonchev–Trinajstić information content (AvgIpc) is 2.92. The monoisotopic (exact) mass is 285 g/mol. The smallest absolute Gasteiger partial charge is 0.363 e. The number of rotatable bonds is 3. The van der Waals surface area contributed by atoms with Crippen LogP contribution in [0.25, 0.3) is 16.9 Å². The van der Waals surface area contributed by atoms with E-state index in [9.17, 15) is 14.9 Å². The highest BCUT2D eigenvalue weighted by atomic mass is 16.6. The number of carboxylic acid groups (broad SMARTS) is 1. The molecule has 1 aromatic carbocycles. The summed E-state index contributed by atoms with van der Waals surface area (Å²) in [5.74, 6) is -1.43. The predicted molar refractivity (Wildman–Crippen MR) is 70.3 cm³/mol. The normalized spacial score (nSPS) is 10.7. The Morgan fingerprint density at radius 3 is 2.76 bits per heavy atom. The first-order chi connectivity index (χ1) is 10.1. The van der Waals surface area contributed by atoms with Gasteiger partial charge in [-0.25, -0.2) is 14.8 Å². The van der Waals surface area contributed by atoms with Gasteiger partial charge in [-0.15, -0.1) is 0 Å². The Labute approximate surface area is 116 Å². The van der Waals surface area contributed by atoms with E-state index in [1.54, 1.807) is 12.1 Å². The van der Waals surface area contributed by atoms with Crippen molar-refractivity contribution < 1.29 is 14.8 Å². The molecule has 0 fully saturated rings. The topological polar surface area (TPSA) is 124 Å². The van der Waals surface area contributed by atoms with Crippen molar-refractivity contribution in [3.05, 3.63) is 52.5 Å². The summed E-state index contributed by atoms with van der Waals surface area (Å²) < 4.78 is 0.980. The molecule has 3 aromatic rings. The van der Waals surface area contributed by atoms with Crippen LogP contribution in [0.5, 0.6) is 0 Å².